The second-order valence-electron chi connectivity index (χ2n) is 7.56. The number of rotatable bonds is 4. The molecule has 4 rings (SSSR count). The first-order chi connectivity index (χ1) is 12.8. The van der Waals surface area contributed by atoms with E-state index in [0.29, 0.717) is 5.82 Å². The van der Waals surface area contributed by atoms with Gasteiger partial charge in [0.15, 0.2) is 0 Å². The molecule has 1 aromatic carbocycles. The normalized spacial score (nSPS) is 19.6. The summed E-state index contributed by atoms with van der Waals surface area (Å²) in [5.74, 6) is 0.663. The van der Waals surface area contributed by atoms with Crippen molar-refractivity contribution in [1.82, 2.24) is 19.8 Å². The third-order valence-corrected chi connectivity index (χ3v) is 5.69. The maximum Gasteiger partial charge on any atom is 0.251 e. The van der Waals surface area contributed by atoms with Crippen molar-refractivity contribution in [1.29, 1.82) is 0 Å². The minimum Gasteiger partial charge on any atom is -0.307 e. The highest BCUT2D eigenvalue weighted by Crippen LogP contribution is 2.22. The lowest BCUT2D eigenvalue weighted by atomic mass is 10.00. The van der Waals surface area contributed by atoms with Gasteiger partial charge in [0.1, 0.15) is 5.82 Å². The lowest BCUT2D eigenvalue weighted by Crippen LogP contribution is -2.46. The van der Waals surface area contributed by atoms with Crippen LogP contribution in [-0.2, 0) is 6.54 Å². The molecule has 27 heavy (non-hydrogen) atoms. The number of nitrogens with zero attached hydrogens (tertiary/aromatic N) is 3. The van der Waals surface area contributed by atoms with Crippen LogP contribution in [0.4, 0.5) is 0 Å². The van der Waals surface area contributed by atoms with Crippen LogP contribution in [-0.4, -0.2) is 52.0 Å². The summed E-state index contributed by atoms with van der Waals surface area (Å²) in [6.45, 7) is 5.50. The van der Waals surface area contributed by atoms with Gasteiger partial charge in [-0.2, -0.15) is 0 Å². The Bertz CT molecular complexity index is 765. The fourth-order valence-electron chi connectivity index (χ4n) is 4.28. The molecule has 0 radical (unpaired) electrons. The molecule has 0 amide bonds. The Kier molecular flexibility index (Phi) is 7.05. The van der Waals surface area contributed by atoms with Gasteiger partial charge in [0.2, 0.25) is 0 Å². The van der Waals surface area contributed by atoms with Crippen LogP contribution >= 0.6 is 12.4 Å². The van der Waals surface area contributed by atoms with Crippen molar-refractivity contribution >= 4 is 12.4 Å². The highest BCUT2D eigenvalue weighted by Gasteiger charge is 2.25. The number of piperidine rings is 2. The van der Waals surface area contributed by atoms with Gasteiger partial charge in [0.25, 0.3) is 5.56 Å². The molecule has 1 N–H and O–H groups in total. The smallest absolute Gasteiger partial charge is 0.251 e. The fourth-order valence-corrected chi connectivity index (χ4v) is 4.28. The molecule has 2 aromatic rings. The van der Waals surface area contributed by atoms with Crippen molar-refractivity contribution < 1.29 is 0 Å². The summed E-state index contributed by atoms with van der Waals surface area (Å²) >= 11 is 0. The topological polar surface area (TPSA) is 52.2 Å². The highest BCUT2D eigenvalue weighted by atomic mass is 35.5. The van der Waals surface area contributed by atoms with Crippen molar-refractivity contribution in [3.05, 3.63) is 52.4 Å². The zero-order valence-corrected chi connectivity index (χ0v) is 16.6. The predicted octanol–water partition coefficient (Wildman–Crippen LogP) is 3.31. The van der Waals surface area contributed by atoms with E-state index in [1.807, 2.05) is 30.3 Å². The highest BCUT2D eigenvalue weighted by molar-refractivity contribution is 5.85. The summed E-state index contributed by atoms with van der Waals surface area (Å²) in [6, 6.07) is 12.2. The van der Waals surface area contributed by atoms with Gasteiger partial charge in [0.05, 0.1) is 5.69 Å². The van der Waals surface area contributed by atoms with Crippen molar-refractivity contribution in [2.24, 2.45) is 0 Å². The summed E-state index contributed by atoms with van der Waals surface area (Å²) < 4.78 is 0. The summed E-state index contributed by atoms with van der Waals surface area (Å²) in [6.07, 6.45) is 6.58. The number of hydrogen-bond donors (Lipinski definition) is 1. The predicted molar refractivity (Wildman–Crippen MR) is 111 cm³/mol. The van der Waals surface area contributed by atoms with Crippen molar-refractivity contribution in [2.45, 2.75) is 44.7 Å². The van der Waals surface area contributed by atoms with E-state index >= 15 is 0 Å². The van der Waals surface area contributed by atoms with Gasteiger partial charge in [-0.3, -0.25) is 9.69 Å². The Hall–Kier alpha value is -1.69. The van der Waals surface area contributed by atoms with Crippen LogP contribution < -0.4 is 5.56 Å². The minimum atomic E-state index is -0.0722. The van der Waals surface area contributed by atoms with E-state index < -0.39 is 0 Å². The molecule has 2 aliphatic heterocycles. The number of aromatic nitrogens is 2. The molecule has 0 saturated carbocycles. The third-order valence-electron chi connectivity index (χ3n) is 5.69. The van der Waals surface area contributed by atoms with E-state index in [9.17, 15) is 4.79 Å². The molecular formula is C21H29ClN4O. The van der Waals surface area contributed by atoms with E-state index in [0.717, 1.165) is 36.9 Å². The molecule has 146 valence electrons. The van der Waals surface area contributed by atoms with E-state index in [1.54, 1.807) is 6.07 Å². The summed E-state index contributed by atoms with van der Waals surface area (Å²) in [5.41, 5.74) is 1.75. The van der Waals surface area contributed by atoms with Crippen LogP contribution in [0, 0.1) is 0 Å². The fraction of sp³-hybridized carbons (Fsp3) is 0.524. The number of nitrogens with one attached hydrogen (secondary N) is 1. The first kappa shape index (κ1) is 20.1. The molecule has 5 nitrogen and oxygen atoms in total. The quantitative estimate of drug-likeness (QED) is 0.873. The van der Waals surface area contributed by atoms with Crippen molar-refractivity contribution in [3.8, 4) is 11.4 Å². The van der Waals surface area contributed by atoms with E-state index in [2.05, 4.69) is 14.8 Å². The number of aromatic amines is 1. The van der Waals surface area contributed by atoms with Crippen LogP contribution in [0.1, 0.15) is 37.8 Å². The van der Waals surface area contributed by atoms with Gasteiger partial charge in [-0.15, -0.1) is 12.4 Å². The van der Waals surface area contributed by atoms with Crippen LogP contribution in [0.15, 0.2) is 41.2 Å². The van der Waals surface area contributed by atoms with E-state index in [1.165, 1.54) is 45.2 Å². The first-order valence-electron chi connectivity index (χ1n) is 9.90. The number of H-pyrrole nitrogens is 1. The summed E-state index contributed by atoms with van der Waals surface area (Å²) in [4.78, 5) is 24.8. The van der Waals surface area contributed by atoms with E-state index in [4.69, 9.17) is 4.98 Å². The number of benzene rings is 1. The Morgan fingerprint density at radius 2 is 1.70 bits per heavy atom. The maximum atomic E-state index is 12.1. The minimum absolute atomic E-state index is 0. The molecule has 0 unspecified atom stereocenters. The van der Waals surface area contributed by atoms with Gasteiger partial charge in [-0.25, -0.2) is 4.98 Å². The SMILES string of the molecule is Cl.O=c1cc(CN2CCC(N3CCCCC3)CC2)nc(-c2ccccc2)[nH]1. The molecule has 1 aromatic heterocycles. The molecule has 2 fully saturated rings. The molecule has 0 bridgehead atoms. The lowest BCUT2D eigenvalue weighted by molar-refractivity contribution is 0.0891. The second-order valence-corrected chi connectivity index (χ2v) is 7.56. The first-order valence-corrected chi connectivity index (χ1v) is 9.90. The zero-order valence-electron chi connectivity index (χ0n) is 15.8. The monoisotopic (exact) mass is 388 g/mol. The number of likely N-dealkylation sites (tertiary alicyclic amines) is 2. The Balaban J connectivity index is 0.00000210. The molecule has 0 aliphatic carbocycles. The van der Waals surface area contributed by atoms with Gasteiger partial charge in [-0.05, 0) is 38.8 Å². The van der Waals surface area contributed by atoms with E-state index in [-0.39, 0.29) is 18.0 Å². The summed E-state index contributed by atoms with van der Waals surface area (Å²) in [5, 5.41) is 0. The molecule has 2 saturated heterocycles. The van der Waals surface area contributed by atoms with Gasteiger partial charge in [0, 0.05) is 37.3 Å². The molecular weight excluding hydrogens is 360 g/mol. The Labute approximate surface area is 167 Å². The number of halogens is 1. The van der Waals surface area contributed by atoms with Gasteiger partial charge in [-0.1, -0.05) is 36.8 Å². The second kappa shape index (κ2) is 9.49. The largest absolute Gasteiger partial charge is 0.307 e. The molecule has 0 atom stereocenters. The standard InChI is InChI=1S/C21H28N4O.ClH/c26-20-15-18(22-21(23-20)17-7-3-1-4-8-17)16-24-13-9-19(10-14-24)25-11-5-2-6-12-25;/h1,3-4,7-8,15,19H,2,5-6,9-14,16H2,(H,22,23,26);1H. The lowest BCUT2D eigenvalue weighted by Gasteiger charge is -2.40. The Morgan fingerprint density at radius 3 is 2.41 bits per heavy atom. The van der Waals surface area contributed by atoms with Crippen molar-refractivity contribution in [3.63, 3.8) is 0 Å². The molecule has 3 heterocycles. The molecule has 2 aliphatic rings. The molecule has 6 heteroatoms. The maximum absolute atomic E-state index is 12.1. The van der Waals surface area contributed by atoms with Gasteiger partial charge < -0.3 is 9.88 Å². The van der Waals surface area contributed by atoms with Crippen molar-refractivity contribution in [2.75, 3.05) is 26.2 Å². The Morgan fingerprint density at radius 1 is 1.00 bits per heavy atom. The number of hydrogen-bond acceptors (Lipinski definition) is 4. The van der Waals surface area contributed by atoms with Crippen LogP contribution in [0.5, 0.6) is 0 Å². The van der Waals surface area contributed by atoms with Crippen LogP contribution in [0.3, 0.4) is 0 Å². The third kappa shape index (κ3) is 5.18. The zero-order chi connectivity index (χ0) is 17.8. The molecule has 0 spiro atoms. The average Bonchev–Trinajstić information content (AvgIpc) is 2.69. The summed E-state index contributed by atoms with van der Waals surface area (Å²) in [7, 11) is 0. The van der Waals surface area contributed by atoms with Crippen LogP contribution in [0.2, 0.25) is 0 Å². The van der Waals surface area contributed by atoms with Crippen LogP contribution in [0.25, 0.3) is 11.4 Å². The average molecular weight is 389 g/mol. The van der Waals surface area contributed by atoms with Gasteiger partial charge >= 0.3 is 0 Å².